The highest BCUT2D eigenvalue weighted by Crippen LogP contribution is 2.40. The standard InChI is InChI=1S/C19H31N3O2S/c1-5-22-18(14-7-8-14)20-21-19(22)25-11-17(23)24-16-10-13(4)6-9-15(16)12(2)3/h12-16H,5-11H2,1-4H3. The first-order valence-electron chi connectivity index (χ1n) is 9.74. The lowest BCUT2D eigenvalue weighted by Crippen LogP contribution is -2.36. The minimum Gasteiger partial charge on any atom is -0.461 e. The molecule has 0 saturated heterocycles. The van der Waals surface area contributed by atoms with Gasteiger partial charge < -0.3 is 9.30 Å². The first-order valence-corrected chi connectivity index (χ1v) is 10.7. The lowest BCUT2D eigenvalue weighted by Gasteiger charge is -2.36. The van der Waals surface area contributed by atoms with Gasteiger partial charge in [-0.05, 0) is 50.4 Å². The third kappa shape index (κ3) is 4.57. The Morgan fingerprint density at radius 3 is 2.68 bits per heavy atom. The van der Waals surface area contributed by atoms with Gasteiger partial charge >= 0.3 is 5.97 Å². The number of thioether (sulfide) groups is 1. The van der Waals surface area contributed by atoms with Gasteiger partial charge in [0.15, 0.2) is 5.16 Å². The molecule has 2 fully saturated rings. The number of carbonyl (C=O) groups excluding carboxylic acids is 1. The second kappa shape index (κ2) is 8.11. The molecule has 0 radical (unpaired) electrons. The molecule has 2 saturated carbocycles. The van der Waals surface area contributed by atoms with Crippen LogP contribution in [-0.2, 0) is 16.1 Å². The van der Waals surface area contributed by atoms with Crippen LogP contribution in [0.1, 0.15) is 71.5 Å². The van der Waals surface area contributed by atoms with Gasteiger partial charge in [0.1, 0.15) is 11.9 Å². The number of carbonyl (C=O) groups is 1. The Bertz CT molecular complexity index is 597. The molecule has 1 aromatic rings. The lowest BCUT2D eigenvalue weighted by atomic mass is 9.75. The Balaban J connectivity index is 1.55. The number of nitrogens with zero attached hydrogens (tertiary/aromatic N) is 3. The molecule has 140 valence electrons. The van der Waals surface area contributed by atoms with Crippen molar-refractivity contribution < 1.29 is 9.53 Å². The molecule has 25 heavy (non-hydrogen) atoms. The monoisotopic (exact) mass is 365 g/mol. The molecular formula is C19H31N3O2S. The number of rotatable bonds is 7. The number of aromatic nitrogens is 3. The van der Waals surface area contributed by atoms with Crippen LogP contribution in [0.2, 0.25) is 0 Å². The van der Waals surface area contributed by atoms with Gasteiger partial charge in [-0.15, -0.1) is 10.2 Å². The quantitative estimate of drug-likeness (QED) is 0.533. The van der Waals surface area contributed by atoms with Crippen LogP contribution in [0.4, 0.5) is 0 Å². The summed E-state index contributed by atoms with van der Waals surface area (Å²) in [7, 11) is 0. The van der Waals surface area contributed by atoms with Gasteiger partial charge in [0, 0.05) is 12.5 Å². The molecule has 0 aliphatic heterocycles. The summed E-state index contributed by atoms with van der Waals surface area (Å²) in [6, 6.07) is 0. The van der Waals surface area contributed by atoms with E-state index in [1.54, 1.807) is 0 Å². The van der Waals surface area contributed by atoms with Gasteiger partial charge in [-0.1, -0.05) is 39.0 Å². The fourth-order valence-corrected chi connectivity index (χ4v) is 4.72. The molecule has 3 unspecified atom stereocenters. The van der Waals surface area contributed by atoms with E-state index in [0.29, 0.717) is 29.4 Å². The Morgan fingerprint density at radius 2 is 2.04 bits per heavy atom. The third-order valence-electron chi connectivity index (χ3n) is 5.57. The molecule has 1 heterocycles. The van der Waals surface area contributed by atoms with Crippen LogP contribution in [0.5, 0.6) is 0 Å². The van der Waals surface area contributed by atoms with Gasteiger partial charge in [-0.25, -0.2) is 0 Å². The van der Waals surface area contributed by atoms with Gasteiger partial charge in [0.2, 0.25) is 0 Å². The number of esters is 1. The topological polar surface area (TPSA) is 57.0 Å². The Labute approximate surface area is 155 Å². The molecule has 2 aliphatic rings. The van der Waals surface area contributed by atoms with Crippen molar-refractivity contribution in [3.63, 3.8) is 0 Å². The van der Waals surface area contributed by atoms with E-state index in [9.17, 15) is 4.79 Å². The molecular weight excluding hydrogens is 334 g/mol. The van der Waals surface area contributed by atoms with Crippen molar-refractivity contribution in [1.82, 2.24) is 14.8 Å². The van der Waals surface area contributed by atoms with Crippen LogP contribution in [0.25, 0.3) is 0 Å². The largest absolute Gasteiger partial charge is 0.461 e. The van der Waals surface area contributed by atoms with E-state index < -0.39 is 0 Å². The summed E-state index contributed by atoms with van der Waals surface area (Å²) in [5, 5.41) is 9.46. The van der Waals surface area contributed by atoms with Crippen molar-refractivity contribution in [3.8, 4) is 0 Å². The average Bonchev–Trinajstić information content (AvgIpc) is 3.32. The summed E-state index contributed by atoms with van der Waals surface area (Å²) in [5.41, 5.74) is 0. The maximum Gasteiger partial charge on any atom is 0.316 e. The number of hydrogen-bond donors (Lipinski definition) is 0. The molecule has 3 rings (SSSR count). The fraction of sp³-hybridized carbons (Fsp3) is 0.842. The van der Waals surface area contributed by atoms with E-state index in [1.165, 1.54) is 37.4 Å². The van der Waals surface area contributed by atoms with E-state index in [1.807, 2.05) is 0 Å². The molecule has 0 amide bonds. The number of ether oxygens (including phenoxy) is 1. The minimum absolute atomic E-state index is 0.0721. The van der Waals surface area contributed by atoms with Crippen LogP contribution in [0.15, 0.2) is 5.16 Å². The highest BCUT2D eigenvalue weighted by atomic mass is 32.2. The maximum atomic E-state index is 12.4. The summed E-state index contributed by atoms with van der Waals surface area (Å²) in [5.74, 6) is 3.55. The van der Waals surface area contributed by atoms with Gasteiger partial charge in [-0.3, -0.25) is 4.79 Å². The summed E-state index contributed by atoms with van der Waals surface area (Å²) in [6.45, 7) is 9.69. The Hall–Kier alpha value is -1.04. The summed E-state index contributed by atoms with van der Waals surface area (Å²) in [6.07, 6.45) is 5.90. The van der Waals surface area contributed by atoms with E-state index in [4.69, 9.17) is 4.74 Å². The minimum atomic E-state index is -0.117. The first-order chi connectivity index (χ1) is 12.0. The van der Waals surface area contributed by atoms with Crippen molar-refractivity contribution in [3.05, 3.63) is 5.82 Å². The van der Waals surface area contributed by atoms with Crippen LogP contribution in [-0.4, -0.2) is 32.6 Å². The zero-order valence-electron chi connectivity index (χ0n) is 15.9. The zero-order valence-corrected chi connectivity index (χ0v) is 16.7. The molecule has 0 aromatic carbocycles. The molecule has 0 spiro atoms. The van der Waals surface area contributed by atoms with Crippen molar-refractivity contribution in [2.45, 2.75) is 83.5 Å². The van der Waals surface area contributed by atoms with Crippen molar-refractivity contribution in [2.75, 3.05) is 5.75 Å². The molecule has 6 heteroatoms. The molecule has 5 nitrogen and oxygen atoms in total. The third-order valence-corrected chi connectivity index (χ3v) is 6.51. The zero-order chi connectivity index (χ0) is 18.0. The average molecular weight is 366 g/mol. The molecule has 1 aromatic heterocycles. The fourth-order valence-electron chi connectivity index (χ4n) is 3.92. The van der Waals surface area contributed by atoms with Crippen molar-refractivity contribution >= 4 is 17.7 Å². The highest BCUT2D eigenvalue weighted by Gasteiger charge is 2.34. The van der Waals surface area contributed by atoms with Crippen molar-refractivity contribution in [2.24, 2.45) is 17.8 Å². The molecule has 2 aliphatic carbocycles. The normalized spacial score (nSPS) is 26.8. The van der Waals surface area contributed by atoms with Crippen molar-refractivity contribution in [1.29, 1.82) is 0 Å². The van der Waals surface area contributed by atoms with Gasteiger partial charge in [0.05, 0.1) is 5.75 Å². The lowest BCUT2D eigenvalue weighted by molar-refractivity contribution is -0.152. The van der Waals surface area contributed by atoms with Gasteiger partial charge in [-0.2, -0.15) is 0 Å². The SMILES string of the molecule is CCn1c(SCC(=O)OC2CC(C)CCC2C(C)C)nnc1C1CC1. The predicted octanol–water partition coefficient (Wildman–Crippen LogP) is 4.27. The molecule has 0 N–H and O–H groups in total. The van der Waals surface area contributed by atoms with E-state index in [0.717, 1.165) is 23.9 Å². The smallest absolute Gasteiger partial charge is 0.316 e. The number of hydrogen-bond acceptors (Lipinski definition) is 5. The van der Waals surface area contributed by atoms with E-state index >= 15 is 0 Å². The van der Waals surface area contributed by atoms with Crippen LogP contribution >= 0.6 is 11.8 Å². The maximum absolute atomic E-state index is 12.4. The van der Waals surface area contributed by atoms with Crippen LogP contribution < -0.4 is 0 Å². The Kier molecular flexibility index (Phi) is 6.08. The summed E-state index contributed by atoms with van der Waals surface area (Å²) < 4.78 is 8.03. The van der Waals surface area contributed by atoms with Crippen LogP contribution in [0, 0.1) is 17.8 Å². The molecule has 0 bridgehead atoms. The summed E-state index contributed by atoms with van der Waals surface area (Å²) in [4.78, 5) is 12.4. The Morgan fingerprint density at radius 1 is 1.28 bits per heavy atom. The first kappa shape index (κ1) is 18.7. The second-order valence-electron chi connectivity index (χ2n) is 8.00. The summed E-state index contributed by atoms with van der Waals surface area (Å²) >= 11 is 1.46. The molecule has 3 atom stereocenters. The van der Waals surface area contributed by atoms with E-state index in [-0.39, 0.29) is 12.1 Å². The van der Waals surface area contributed by atoms with Crippen LogP contribution in [0.3, 0.4) is 0 Å². The van der Waals surface area contributed by atoms with Gasteiger partial charge in [0.25, 0.3) is 0 Å². The second-order valence-corrected chi connectivity index (χ2v) is 8.94. The predicted molar refractivity (Wildman–Crippen MR) is 99.6 cm³/mol. The van der Waals surface area contributed by atoms with E-state index in [2.05, 4.69) is 42.5 Å². The highest BCUT2D eigenvalue weighted by molar-refractivity contribution is 7.99.